The van der Waals surface area contributed by atoms with E-state index in [0.29, 0.717) is 0 Å². The zero-order valence-electron chi connectivity index (χ0n) is 25.7. The van der Waals surface area contributed by atoms with Crippen molar-refractivity contribution >= 4 is 79.5 Å². The van der Waals surface area contributed by atoms with Crippen LogP contribution in [0.4, 0.5) is 0 Å². The number of aryl methyl sites for hydroxylation is 2. The molecule has 5 heterocycles. The SMILES string of the molecule is CCCCCCc1csc(-c2ccc(-c3ccc(-c4ccc(-c5cc(CCCCCC)cs5)c5nsnc45)s3)c3nsnc23)c1. The number of rotatable bonds is 14. The van der Waals surface area contributed by atoms with Crippen molar-refractivity contribution in [3.63, 3.8) is 0 Å². The number of nitrogens with zero attached hydrogens (tertiary/aromatic N) is 4. The number of benzene rings is 2. The normalized spacial score (nSPS) is 11.8. The van der Waals surface area contributed by atoms with Gasteiger partial charge in [0.2, 0.25) is 0 Å². The van der Waals surface area contributed by atoms with Crippen molar-refractivity contribution in [2.75, 3.05) is 0 Å². The molecule has 0 radical (unpaired) electrons. The van der Waals surface area contributed by atoms with Gasteiger partial charge in [-0.15, -0.1) is 34.0 Å². The molecule has 7 rings (SSSR count). The number of aromatic nitrogens is 4. The summed E-state index contributed by atoms with van der Waals surface area (Å²) in [4.78, 5) is 4.96. The lowest BCUT2D eigenvalue weighted by Crippen LogP contribution is -1.84. The second-order valence-electron chi connectivity index (χ2n) is 11.7. The number of hydrogen-bond donors (Lipinski definition) is 0. The third-order valence-corrected chi connectivity index (χ3v) is 12.7. The van der Waals surface area contributed by atoms with Crippen molar-refractivity contribution in [2.24, 2.45) is 0 Å². The van der Waals surface area contributed by atoms with Crippen LogP contribution in [0.1, 0.15) is 76.3 Å². The molecule has 2 aromatic carbocycles. The Labute approximate surface area is 285 Å². The van der Waals surface area contributed by atoms with E-state index < -0.39 is 0 Å². The van der Waals surface area contributed by atoms with Gasteiger partial charge in [0.25, 0.3) is 0 Å². The fourth-order valence-electron chi connectivity index (χ4n) is 5.96. The largest absolute Gasteiger partial charge is 0.172 e. The summed E-state index contributed by atoms with van der Waals surface area (Å²) < 4.78 is 19.1. The molecular formula is C36H36N4S5. The van der Waals surface area contributed by atoms with Crippen LogP contribution in [0.3, 0.4) is 0 Å². The average molecular weight is 685 g/mol. The van der Waals surface area contributed by atoms with Gasteiger partial charge in [-0.2, -0.15) is 17.5 Å². The zero-order valence-corrected chi connectivity index (χ0v) is 29.8. The van der Waals surface area contributed by atoms with Crippen LogP contribution in [0.5, 0.6) is 0 Å². The summed E-state index contributed by atoms with van der Waals surface area (Å²) in [5, 5.41) is 4.63. The van der Waals surface area contributed by atoms with E-state index in [-0.39, 0.29) is 0 Å². The van der Waals surface area contributed by atoms with Gasteiger partial charge in [-0.05, 0) is 71.8 Å². The molecule has 0 saturated carbocycles. The molecular weight excluding hydrogens is 649 g/mol. The van der Waals surface area contributed by atoms with Gasteiger partial charge in [-0.3, -0.25) is 0 Å². The zero-order chi connectivity index (χ0) is 30.6. The smallest absolute Gasteiger partial charge is 0.114 e. The van der Waals surface area contributed by atoms with Crippen LogP contribution in [-0.4, -0.2) is 17.5 Å². The molecule has 0 atom stereocenters. The van der Waals surface area contributed by atoms with E-state index in [1.54, 1.807) is 11.3 Å². The molecule has 9 heteroatoms. The highest BCUT2D eigenvalue weighted by molar-refractivity contribution is 7.19. The molecule has 0 unspecified atom stereocenters. The Bertz CT molecular complexity index is 1880. The Morgan fingerprint density at radius 1 is 0.467 bits per heavy atom. The molecule has 0 aliphatic carbocycles. The molecule has 5 aromatic heterocycles. The molecule has 45 heavy (non-hydrogen) atoms. The van der Waals surface area contributed by atoms with Crippen molar-refractivity contribution in [3.8, 4) is 41.8 Å². The van der Waals surface area contributed by atoms with E-state index in [9.17, 15) is 0 Å². The third kappa shape index (κ3) is 6.56. The Kier molecular flexibility index (Phi) is 9.79. The molecule has 0 fully saturated rings. The standard InChI is InChI=1S/C36H36N4S5/c1-3-5-7-9-11-23-19-31(41-21-23)27-15-13-25(33-35(27)39-44-37-33)29-17-18-30(43-29)26-14-16-28(36-34(26)38-45-40-36)32-20-24(22-42-32)12-10-8-6-4-2/h13-22H,3-12H2,1-2H3. The highest BCUT2D eigenvalue weighted by Crippen LogP contribution is 2.43. The van der Waals surface area contributed by atoms with Gasteiger partial charge >= 0.3 is 0 Å². The molecule has 0 spiro atoms. The number of unbranched alkanes of at least 4 members (excludes halogenated alkanes) is 6. The number of fused-ring (bicyclic) bond motifs is 2. The average Bonchev–Trinajstić information content (AvgIpc) is 3.89. The van der Waals surface area contributed by atoms with Crippen LogP contribution in [0, 0.1) is 0 Å². The van der Waals surface area contributed by atoms with Gasteiger partial charge in [-0.25, -0.2) is 0 Å². The quantitative estimate of drug-likeness (QED) is 0.107. The number of thiophene rings is 3. The van der Waals surface area contributed by atoms with Crippen molar-refractivity contribution in [3.05, 3.63) is 70.4 Å². The van der Waals surface area contributed by atoms with Crippen molar-refractivity contribution in [2.45, 2.75) is 78.1 Å². The summed E-state index contributed by atoms with van der Waals surface area (Å²) in [6.45, 7) is 4.53. The minimum atomic E-state index is 0.989. The lowest BCUT2D eigenvalue weighted by atomic mass is 10.0. The van der Waals surface area contributed by atoms with E-state index in [1.807, 2.05) is 22.7 Å². The summed E-state index contributed by atoms with van der Waals surface area (Å²) in [5.74, 6) is 0. The molecule has 7 aromatic rings. The third-order valence-electron chi connectivity index (χ3n) is 8.44. The van der Waals surface area contributed by atoms with E-state index in [2.05, 4.69) is 73.1 Å². The lowest BCUT2D eigenvalue weighted by molar-refractivity contribution is 0.667. The van der Waals surface area contributed by atoms with Gasteiger partial charge in [0, 0.05) is 41.8 Å². The first-order valence-electron chi connectivity index (χ1n) is 16.0. The summed E-state index contributed by atoms with van der Waals surface area (Å²) in [7, 11) is 0. The molecule has 0 amide bonds. The van der Waals surface area contributed by atoms with Crippen LogP contribution in [0.2, 0.25) is 0 Å². The fraction of sp³-hybridized carbons (Fsp3) is 0.333. The van der Waals surface area contributed by atoms with Crippen molar-refractivity contribution in [1.29, 1.82) is 0 Å². The number of hydrogen-bond acceptors (Lipinski definition) is 9. The second kappa shape index (κ2) is 14.3. The van der Waals surface area contributed by atoms with Crippen LogP contribution >= 0.6 is 57.5 Å². The summed E-state index contributed by atoms with van der Waals surface area (Å²) in [6, 6.07) is 18.1. The van der Waals surface area contributed by atoms with E-state index in [1.165, 1.54) is 117 Å². The molecule has 0 aliphatic heterocycles. The molecule has 0 bridgehead atoms. The van der Waals surface area contributed by atoms with Gasteiger partial charge < -0.3 is 0 Å². The first kappa shape index (κ1) is 30.8. The van der Waals surface area contributed by atoms with E-state index in [4.69, 9.17) is 17.5 Å². The topological polar surface area (TPSA) is 51.6 Å². The maximum atomic E-state index is 4.78. The fourth-order valence-corrected chi connectivity index (χ4v) is 10.1. The molecule has 0 N–H and O–H groups in total. The summed E-state index contributed by atoms with van der Waals surface area (Å²) in [6.07, 6.45) is 12.6. The highest BCUT2D eigenvalue weighted by Gasteiger charge is 2.19. The molecule has 230 valence electrons. The predicted octanol–water partition coefficient (Wildman–Crippen LogP) is 12.8. The Hall–Kier alpha value is -2.82. The monoisotopic (exact) mass is 684 g/mol. The molecule has 4 nitrogen and oxygen atoms in total. The highest BCUT2D eigenvalue weighted by atomic mass is 32.1. The van der Waals surface area contributed by atoms with Gasteiger partial charge in [0.1, 0.15) is 22.1 Å². The first-order valence-corrected chi connectivity index (χ1v) is 20.0. The summed E-state index contributed by atoms with van der Waals surface area (Å²) >= 11 is 8.05. The maximum absolute atomic E-state index is 4.78. The van der Waals surface area contributed by atoms with E-state index in [0.717, 1.165) is 46.0 Å². The Morgan fingerprint density at radius 3 is 1.27 bits per heavy atom. The van der Waals surface area contributed by atoms with Crippen LogP contribution < -0.4 is 0 Å². The lowest BCUT2D eigenvalue weighted by Gasteiger charge is -2.05. The minimum absolute atomic E-state index is 0.989. The van der Waals surface area contributed by atoms with Gasteiger partial charge in [-0.1, -0.05) is 76.6 Å². The molecule has 0 aliphatic rings. The predicted molar refractivity (Wildman–Crippen MR) is 199 cm³/mol. The molecule has 0 saturated heterocycles. The maximum Gasteiger partial charge on any atom is 0.114 e. The van der Waals surface area contributed by atoms with Crippen LogP contribution in [0.15, 0.2) is 59.3 Å². The van der Waals surface area contributed by atoms with Gasteiger partial charge in [0.15, 0.2) is 0 Å². The summed E-state index contributed by atoms with van der Waals surface area (Å²) in [5.41, 5.74) is 11.5. The van der Waals surface area contributed by atoms with Gasteiger partial charge in [0.05, 0.1) is 23.5 Å². The minimum Gasteiger partial charge on any atom is -0.172 e. The van der Waals surface area contributed by atoms with Crippen molar-refractivity contribution < 1.29 is 0 Å². The second-order valence-corrected chi connectivity index (χ2v) is 15.6. The Balaban J connectivity index is 1.14. The van der Waals surface area contributed by atoms with Crippen LogP contribution in [0.25, 0.3) is 63.8 Å². The van der Waals surface area contributed by atoms with Crippen molar-refractivity contribution in [1.82, 2.24) is 17.5 Å². The van der Waals surface area contributed by atoms with E-state index >= 15 is 0 Å². The van der Waals surface area contributed by atoms with Crippen LogP contribution in [-0.2, 0) is 12.8 Å². The Morgan fingerprint density at radius 2 is 0.867 bits per heavy atom. The first-order chi connectivity index (χ1) is 22.2.